The second-order valence-electron chi connectivity index (χ2n) is 8.78. The van der Waals surface area contributed by atoms with Crippen LogP contribution >= 0.6 is 0 Å². The zero-order valence-electron chi connectivity index (χ0n) is 18.2. The van der Waals surface area contributed by atoms with E-state index in [0.717, 1.165) is 63.3 Å². The molecule has 31 heavy (non-hydrogen) atoms. The Hall–Kier alpha value is -2.44. The maximum Gasteiger partial charge on any atom is 0.227 e. The van der Waals surface area contributed by atoms with Crippen molar-refractivity contribution in [2.45, 2.75) is 38.3 Å². The van der Waals surface area contributed by atoms with Crippen LogP contribution in [-0.4, -0.2) is 55.0 Å². The largest absolute Gasteiger partial charge is 0.490 e. The predicted molar refractivity (Wildman–Crippen MR) is 121 cm³/mol. The molecule has 2 aromatic rings. The number of carbonyl (C=O) groups is 1. The SMILES string of the molecule is CN1CCC(Oc2ccc(NC(=O)C3CCN(Cc4ccccc4F)CC3)cc2)CC1. The third-order valence-corrected chi connectivity index (χ3v) is 6.40. The van der Waals surface area contributed by atoms with E-state index in [4.69, 9.17) is 4.74 Å². The Morgan fingerprint density at radius 2 is 1.68 bits per heavy atom. The van der Waals surface area contributed by atoms with Gasteiger partial charge in [0.1, 0.15) is 17.7 Å². The van der Waals surface area contributed by atoms with E-state index in [2.05, 4.69) is 22.2 Å². The number of carbonyl (C=O) groups excluding carboxylic acids is 1. The third kappa shape index (κ3) is 6.05. The molecule has 0 radical (unpaired) electrons. The highest BCUT2D eigenvalue weighted by Gasteiger charge is 2.25. The van der Waals surface area contributed by atoms with Crippen molar-refractivity contribution >= 4 is 11.6 Å². The van der Waals surface area contributed by atoms with Crippen molar-refractivity contribution in [3.63, 3.8) is 0 Å². The van der Waals surface area contributed by atoms with Crippen molar-refractivity contribution < 1.29 is 13.9 Å². The molecule has 166 valence electrons. The van der Waals surface area contributed by atoms with E-state index in [9.17, 15) is 9.18 Å². The molecule has 5 nitrogen and oxygen atoms in total. The first-order chi connectivity index (χ1) is 15.1. The minimum Gasteiger partial charge on any atom is -0.490 e. The quantitative estimate of drug-likeness (QED) is 0.755. The van der Waals surface area contributed by atoms with E-state index in [1.165, 1.54) is 6.07 Å². The fourth-order valence-corrected chi connectivity index (χ4v) is 4.38. The van der Waals surface area contributed by atoms with Gasteiger partial charge in [0.25, 0.3) is 0 Å². The van der Waals surface area contributed by atoms with Crippen LogP contribution in [0, 0.1) is 11.7 Å². The maximum atomic E-state index is 13.9. The van der Waals surface area contributed by atoms with Gasteiger partial charge in [0.15, 0.2) is 0 Å². The van der Waals surface area contributed by atoms with Gasteiger partial charge in [0.2, 0.25) is 5.91 Å². The summed E-state index contributed by atoms with van der Waals surface area (Å²) >= 11 is 0. The first-order valence-electron chi connectivity index (χ1n) is 11.3. The molecule has 1 N–H and O–H groups in total. The Labute approximate surface area is 184 Å². The van der Waals surface area contributed by atoms with Crippen LogP contribution in [-0.2, 0) is 11.3 Å². The van der Waals surface area contributed by atoms with Crippen molar-refractivity contribution in [3.8, 4) is 5.75 Å². The summed E-state index contributed by atoms with van der Waals surface area (Å²) in [7, 11) is 2.14. The highest BCUT2D eigenvalue weighted by molar-refractivity contribution is 5.92. The molecule has 1 amide bonds. The van der Waals surface area contributed by atoms with Crippen molar-refractivity contribution in [1.29, 1.82) is 0 Å². The molecule has 2 aliphatic rings. The van der Waals surface area contributed by atoms with Crippen LogP contribution in [0.15, 0.2) is 48.5 Å². The van der Waals surface area contributed by atoms with Gasteiger partial charge in [-0.1, -0.05) is 18.2 Å². The van der Waals surface area contributed by atoms with Gasteiger partial charge in [0, 0.05) is 36.8 Å². The van der Waals surface area contributed by atoms with Crippen molar-refractivity contribution in [2.75, 3.05) is 38.5 Å². The number of anilines is 1. The monoisotopic (exact) mass is 425 g/mol. The van der Waals surface area contributed by atoms with Gasteiger partial charge < -0.3 is 15.0 Å². The summed E-state index contributed by atoms with van der Waals surface area (Å²) in [5.41, 5.74) is 1.52. The van der Waals surface area contributed by atoms with Gasteiger partial charge in [-0.05, 0) is 76.2 Å². The lowest BCUT2D eigenvalue weighted by Crippen LogP contribution is -2.37. The zero-order chi connectivity index (χ0) is 21.6. The zero-order valence-corrected chi connectivity index (χ0v) is 18.2. The third-order valence-electron chi connectivity index (χ3n) is 6.40. The second kappa shape index (κ2) is 10.2. The number of amides is 1. The Balaban J connectivity index is 1.22. The fourth-order valence-electron chi connectivity index (χ4n) is 4.38. The van der Waals surface area contributed by atoms with Crippen molar-refractivity contribution in [2.24, 2.45) is 5.92 Å². The number of nitrogens with one attached hydrogen (secondary N) is 1. The molecule has 0 unspecified atom stereocenters. The van der Waals surface area contributed by atoms with Gasteiger partial charge in [-0.2, -0.15) is 0 Å². The number of likely N-dealkylation sites (tertiary alicyclic amines) is 2. The summed E-state index contributed by atoms with van der Waals surface area (Å²) < 4.78 is 19.9. The number of nitrogens with zero attached hydrogens (tertiary/aromatic N) is 2. The van der Waals surface area contributed by atoms with Crippen LogP contribution < -0.4 is 10.1 Å². The number of piperidine rings is 2. The molecule has 0 aliphatic carbocycles. The molecule has 2 saturated heterocycles. The molecule has 0 bridgehead atoms. The molecule has 0 atom stereocenters. The topological polar surface area (TPSA) is 44.8 Å². The summed E-state index contributed by atoms with van der Waals surface area (Å²) in [6.07, 6.45) is 3.94. The van der Waals surface area contributed by atoms with Crippen LogP contribution in [0.5, 0.6) is 5.75 Å². The van der Waals surface area contributed by atoms with E-state index in [-0.39, 0.29) is 23.7 Å². The Bertz CT molecular complexity index is 857. The number of hydrogen-bond acceptors (Lipinski definition) is 4. The van der Waals surface area contributed by atoms with Crippen LogP contribution in [0.25, 0.3) is 0 Å². The highest BCUT2D eigenvalue weighted by Crippen LogP contribution is 2.24. The maximum absolute atomic E-state index is 13.9. The molecule has 4 rings (SSSR count). The average Bonchev–Trinajstić information content (AvgIpc) is 2.79. The molecule has 2 fully saturated rings. The van der Waals surface area contributed by atoms with E-state index in [1.54, 1.807) is 6.07 Å². The summed E-state index contributed by atoms with van der Waals surface area (Å²) in [5.74, 6) is 0.751. The number of ether oxygens (including phenoxy) is 1. The molecule has 2 heterocycles. The number of halogens is 1. The van der Waals surface area contributed by atoms with Crippen LogP contribution in [0.2, 0.25) is 0 Å². The molecule has 2 aromatic carbocycles. The standard InChI is InChI=1S/C25H32FN3O2/c1-28-14-12-23(13-15-28)31-22-8-6-21(7-9-22)27-25(30)19-10-16-29(17-11-19)18-20-4-2-3-5-24(20)26/h2-9,19,23H,10-18H2,1H3,(H,27,30). The number of rotatable bonds is 6. The fraction of sp³-hybridized carbons (Fsp3) is 0.480. The molecule has 6 heteroatoms. The van der Waals surface area contributed by atoms with Gasteiger partial charge >= 0.3 is 0 Å². The van der Waals surface area contributed by atoms with Gasteiger partial charge in [-0.3, -0.25) is 9.69 Å². The lowest BCUT2D eigenvalue weighted by atomic mass is 9.95. The number of hydrogen-bond donors (Lipinski definition) is 1. The highest BCUT2D eigenvalue weighted by atomic mass is 19.1. The summed E-state index contributed by atoms with van der Waals surface area (Å²) in [6.45, 7) is 4.33. The van der Waals surface area contributed by atoms with Gasteiger partial charge in [-0.25, -0.2) is 4.39 Å². The lowest BCUT2D eigenvalue weighted by Gasteiger charge is -2.31. The summed E-state index contributed by atoms with van der Waals surface area (Å²) in [5, 5.41) is 3.04. The normalized spacial score (nSPS) is 19.3. The Morgan fingerprint density at radius 1 is 1.00 bits per heavy atom. The molecule has 0 spiro atoms. The smallest absolute Gasteiger partial charge is 0.227 e. The van der Waals surface area contributed by atoms with E-state index < -0.39 is 0 Å². The number of benzene rings is 2. The predicted octanol–water partition coefficient (Wildman–Crippen LogP) is 4.15. The van der Waals surface area contributed by atoms with E-state index >= 15 is 0 Å². The minimum atomic E-state index is -0.161. The van der Waals surface area contributed by atoms with E-state index in [1.807, 2.05) is 36.4 Å². The summed E-state index contributed by atoms with van der Waals surface area (Å²) in [6, 6.07) is 14.6. The Kier molecular flexibility index (Phi) is 7.20. The van der Waals surface area contributed by atoms with Crippen molar-refractivity contribution in [1.82, 2.24) is 9.80 Å². The molecule has 0 aromatic heterocycles. The molecular weight excluding hydrogens is 393 g/mol. The average molecular weight is 426 g/mol. The minimum absolute atomic E-state index is 0.00738. The Morgan fingerprint density at radius 3 is 2.35 bits per heavy atom. The molecular formula is C25H32FN3O2. The second-order valence-corrected chi connectivity index (χ2v) is 8.78. The molecule has 0 saturated carbocycles. The summed E-state index contributed by atoms with van der Waals surface area (Å²) in [4.78, 5) is 17.2. The first-order valence-corrected chi connectivity index (χ1v) is 11.3. The van der Waals surface area contributed by atoms with Gasteiger partial charge in [-0.15, -0.1) is 0 Å². The molecule has 2 aliphatic heterocycles. The van der Waals surface area contributed by atoms with Crippen LogP contribution in [0.4, 0.5) is 10.1 Å². The van der Waals surface area contributed by atoms with Crippen LogP contribution in [0.3, 0.4) is 0 Å². The first kappa shape index (κ1) is 21.8. The van der Waals surface area contributed by atoms with Crippen LogP contribution in [0.1, 0.15) is 31.2 Å². The van der Waals surface area contributed by atoms with Gasteiger partial charge in [0.05, 0.1) is 0 Å². The lowest BCUT2D eigenvalue weighted by molar-refractivity contribution is -0.121. The van der Waals surface area contributed by atoms with Crippen molar-refractivity contribution in [3.05, 3.63) is 59.9 Å². The van der Waals surface area contributed by atoms with E-state index in [0.29, 0.717) is 12.1 Å².